The smallest absolute Gasteiger partial charge is 0.190 e. The second-order valence-corrected chi connectivity index (χ2v) is 7.97. The predicted molar refractivity (Wildman–Crippen MR) is 107 cm³/mol. The zero-order chi connectivity index (χ0) is 17.9. The summed E-state index contributed by atoms with van der Waals surface area (Å²) in [4.78, 5) is 5.11. The van der Waals surface area contributed by atoms with Crippen molar-refractivity contribution in [3.05, 3.63) is 52.3 Å². The van der Waals surface area contributed by atoms with Gasteiger partial charge in [0.05, 0.1) is 10.0 Å². The SMILES string of the molecule is Clc1ccc(OC2C=CC=C(N3CCCN(C4CCC4)CC3)N2)cc1Cl. The van der Waals surface area contributed by atoms with E-state index in [0.717, 1.165) is 31.5 Å². The minimum atomic E-state index is -0.210. The fourth-order valence-electron chi connectivity index (χ4n) is 3.75. The van der Waals surface area contributed by atoms with Gasteiger partial charge in [-0.1, -0.05) is 35.7 Å². The molecular formula is C20H25Cl2N3O. The van der Waals surface area contributed by atoms with E-state index < -0.39 is 0 Å². The zero-order valence-electron chi connectivity index (χ0n) is 14.8. The molecule has 0 bridgehead atoms. The van der Waals surface area contributed by atoms with Crippen molar-refractivity contribution < 1.29 is 4.74 Å². The Kier molecular flexibility index (Phi) is 5.63. The lowest BCUT2D eigenvalue weighted by Crippen LogP contribution is -2.44. The Morgan fingerprint density at radius 3 is 2.65 bits per heavy atom. The number of nitrogens with one attached hydrogen (secondary N) is 1. The van der Waals surface area contributed by atoms with E-state index in [1.165, 1.54) is 32.2 Å². The molecule has 26 heavy (non-hydrogen) atoms. The molecule has 4 nitrogen and oxygen atoms in total. The molecule has 4 rings (SSSR count). The number of hydrogen-bond donors (Lipinski definition) is 1. The van der Waals surface area contributed by atoms with Gasteiger partial charge in [0.2, 0.25) is 0 Å². The lowest BCUT2D eigenvalue weighted by atomic mass is 9.91. The molecule has 1 aromatic carbocycles. The molecule has 1 saturated carbocycles. The first kappa shape index (κ1) is 18.0. The molecule has 1 aromatic rings. The van der Waals surface area contributed by atoms with Gasteiger partial charge in [0.1, 0.15) is 11.6 Å². The third-order valence-corrected chi connectivity index (χ3v) is 6.19. The van der Waals surface area contributed by atoms with E-state index in [1.807, 2.05) is 12.1 Å². The van der Waals surface area contributed by atoms with Crippen LogP contribution in [0.4, 0.5) is 0 Å². The molecule has 140 valence electrons. The molecule has 2 fully saturated rings. The zero-order valence-corrected chi connectivity index (χ0v) is 16.3. The van der Waals surface area contributed by atoms with E-state index in [-0.39, 0.29) is 6.23 Å². The minimum absolute atomic E-state index is 0.210. The Balaban J connectivity index is 1.35. The largest absolute Gasteiger partial charge is 0.467 e. The van der Waals surface area contributed by atoms with Crippen molar-refractivity contribution in [1.82, 2.24) is 15.1 Å². The van der Waals surface area contributed by atoms with Crippen LogP contribution in [0, 0.1) is 0 Å². The van der Waals surface area contributed by atoms with Gasteiger partial charge in [-0.15, -0.1) is 0 Å². The van der Waals surface area contributed by atoms with Gasteiger partial charge >= 0.3 is 0 Å². The van der Waals surface area contributed by atoms with Crippen molar-refractivity contribution in [3.63, 3.8) is 0 Å². The van der Waals surface area contributed by atoms with Gasteiger partial charge in [-0.25, -0.2) is 0 Å². The molecule has 6 heteroatoms. The second kappa shape index (κ2) is 8.12. The standard InChI is InChI=1S/C20H25Cl2N3O/c21-17-9-8-16(14-18(17)22)26-20-7-2-6-19(23-20)25-11-3-10-24(12-13-25)15-4-1-5-15/h2,6-9,14-15,20,23H,1,3-5,10-13H2. The van der Waals surface area contributed by atoms with Gasteiger partial charge in [0.25, 0.3) is 0 Å². The van der Waals surface area contributed by atoms with E-state index in [9.17, 15) is 0 Å². The summed E-state index contributed by atoms with van der Waals surface area (Å²) >= 11 is 12.1. The molecule has 0 spiro atoms. The Hall–Kier alpha value is -1.36. The first-order chi connectivity index (χ1) is 12.7. The predicted octanol–water partition coefficient (Wildman–Crippen LogP) is 4.26. The van der Waals surface area contributed by atoms with Crippen molar-refractivity contribution in [3.8, 4) is 5.75 Å². The molecular weight excluding hydrogens is 369 g/mol. The van der Waals surface area contributed by atoms with Crippen LogP contribution in [0.25, 0.3) is 0 Å². The average Bonchev–Trinajstić information content (AvgIpc) is 2.83. The Labute approximate surface area is 165 Å². The third kappa shape index (κ3) is 4.13. The average molecular weight is 394 g/mol. The number of hydrogen-bond acceptors (Lipinski definition) is 4. The summed E-state index contributed by atoms with van der Waals surface area (Å²) in [5, 5.41) is 4.53. The van der Waals surface area contributed by atoms with Crippen molar-refractivity contribution in [2.75, 3.05) is 26.2 Å². The van der Waals surface area contributed by atoms with Gasteiger partial charge in [-0.2, -0.15) is 0 Å². The van der Waals surface area contributed by atoms with Crippen molar-refractivity contribution in [2.45, 2.75) is 38.0 Å². The molecule has 1 unspecified atom stereocenters. The first-order valence-electron chi connectivity index (χ1n) is 9.45. The van der Waals surface area contributed by atoms with Crippen LogP contribution in [0.1, 0.15) is 25.7 Å². The highest BCUT2D eigenvalue weighted by Gasteiger charge is 2.27. The molecule has 1 aliphatic carbocycles. The van der Waals surface area contributed by atoms with Crippen LogP contribution in [0.3, 0.4) is 0 Å². The van der Waals surface area contributed by atoms with Gasteiger partial charge in [-0.3, -0.25) is 4.90 Å². The summed E-state index contributed by atoms with van der Waals surface area (Å²) in [7, 11) is 0. The Bertz CT molecular complexity index is 702. The highest BCUT2D eigenvalue weighted by atomic mass is 35.5. The van der Waals surface area contributed by atoms with Crippen LogP contribution in [0.2, 0.25) is 10.0 Å². The van der Waals surface area contributed by atoms with Crippen LogP contribution < -0.4 is 10.1 Å². The highest BCUT2D eigenvalue weighted by Crippen LogP contribution is 2.28. The van der Waals surface area contributed by atoms with Gasteiger partial charge in [-0.05, 0) is 43.5 Å². The van der Waals surface area contributed by atoms with Crippen LogP contribution in [0.5, 0.6) is 5.75 Å². The number of nitrogens with zero attached hydrogens (tertiary/aromatic N) is 2. The van der Waals surface area contributed by atoms with Crippen LogP contribution in [0.15, 0.2) is 42.2 Å². The van der Waals surface area contributed by atoms with E-state index in [1.54, 1.807) is 12.1 Å². The maximum absolute atomic E-state index is 6.08. The van der Waals surface area contributed by atoms with Crippen LogP contribution >= 0.6 is 23.2 Å². The summed E-state index contributed by atoms with van der Waals surface area (Å²) in [5.41, 5.74) is 0. The van der Waals surface area contributed by atoms with Gasteiger partial charge in [0, 0.05) is 38.3 Å². The lowest BCUT2D eigenvalue weighted by Gasteiger charge is -2.37. The molecule has 1 saturated heterocycles. The normalized spacial score (nSPS) is 24.5. The quantitative estimate of drug-likeness (QED) is 0.826. The first-order valence-corrected chi connectivity index (χ1v) is 10.2. The van der Waals surface area contributed by atoms with E-state index in [4.69, 9.17) is 27.9 Å². The fraction of sp³-hybridized carbons (Fsp3) is 0.500. The number of ether oxygens (including phenoxy) is 1. The number of benzene rings is 1. The maximum atomic E-state index is 6.08. The Morgan fingerprint density at radius 1 is 1.00 bits per heavy atom. The number of allylic oxidation sites excluding steroid dienone is 2. The number of rotatable bonds is 4. The molecule has 2 aliphatic heterocycles. The lowest BCUT2D eigenvalue weighted by molar-refractivity contribution is 0.131. The van der Waals surface area contributed by atoms with Crippen molar-refractivity contribution in [2.24, 2.45) is 0 Å². The number of halogens is 2. The van der Waals surface area contributed by atoms with Crippen LogP contribution in [-0.4, -0.2) is 48.2 Å². The highest BCUT2D eigenvalue weighted by molar-refractivity contribution is 6.42. The van der Waals surface area contributed by atoms with E-state index in [2.05, 4.69) is 27.3 Å². The summed E-state index contributed by atoms with van der Waals surface area (Å²) in [6, 6.07) is 6.17. The summed E-state index contributed by atoms with van der Waals surface area (Å²) in [5.74, 6) is 1.84. The van der Waals surface area contributed by atoms with Crippen LogP contribution in [-0.2, 0) is 0 Å². The minimum Gasteiger partial charge on any atom is -0.467 e. The van der Waals surface area contributed by atoms with Gasteiger partial charge < -0.3 is 15.0 Å². The molecule has 1 N–H and O–H groups in total. The van der Waals surface area contributed by atoms with Crippen molar-refractivity contribution >= 4 is 23.2 Å². The second-order valence-electron chi connectivity index (χ2n) is 7.16. The monoisotopic (exact) mass is 393 g/mol. The topological polar surface area (TPSA) is 27.7 Å². The van der Waals surface area contributed by atoms with E-state index >= 15 is 0 Å². The fourth-order valence-corrected chi connectivity index (χ4v) is 4.04. The number of dihydropyridines is 1. The maximum Gasteiger partial charge on any atom is 0.190 e. The summed E-state index contributed by atoms with van der Waals surface area (Å²) in [6.45, 7) is 4.50. The Morgan fingerprint density at radius 2 is 1.88 bits per heavy atom. The molecule has 1 atom stereocenters. The molecule has 0 aromatic heterocycles. The van der Waals surface area contributed by atoms with E-state index in [0.29, 0.717) is 15.8 Å². The molecule has 0 amide bonds. The molecule has 2 heterocycles. The molecule has 0 radical (unpaired) electrons. The third-order valence-electron chi connectivity index (χ3n) is 5.45. The van der Waals surface area contributed by atoms with Gasteiger partial charge in [0.15, 0.2) is 6.23 Å². The molecule has 3 aliphatic rings. The summed E-state index contributed by atoms with van der Waals surface area (Å²) in [6.07, 6.45) is 11.3. The van der Waals surface area contributed by atoms with Crippen molar-refractivity contribution in [1.29, 1.82) is 0 Å². The summed E-state index contributed by atoms with van der Waals surface area (Å²) < 4.78 is 6.01.